The van der Waals surface area contributed by atoms with Crippen molar-refractivity contribution in [2.45, 2.75) is 31.8 Å². The van der Waals surface area contributed by atoms with Crippen LogP contribution < -0.4 is 16.0 Å². The molecular weight excluding hydrogens is 530 g/mol. The smallest absolute Gasteiger partial charge is 0.291 e. The summed E-state index contributed by atoms with van der Waals surface area (Å²) in [6.45, 7) is 2.53. The molecule has 1 aliphatic carbocycles. The molecule has 1 atom stereocenters. The fourth-order valence-corrected chi connectivity index (χ4v) is 5.41. The Morgan fingerprint density at radius 1 is 1.07 bits per heavy atom. The van der Waals surface area contributed by atoms with Gasteiger partial charge in [-0.15, -0.1) is 0 Å². The Kier molecular flexibility index (Phi) is 8.05. The average Bonchev–Trinajstić information content (AvgIpc) is 3.17. The lowest BCUT2D eigenvalue weighted by atomic mass is 9.94. The van der Waals surface area contributed by atoms with E-state index in [1.54, 1.807) is 6.20 Å². The molecule has 3 aromatic rings. The summed E-state index contributed by atoms with van der Waals surface area (Å²) >= 11 is 0. The van der Waals surface area contributed by atoms with Crippen LogP contribution in [-0.2, 0) is 14.3 Å². The highest BCUT2D eigenvalue weighted by Gasteiger charge is 2.27. The SMILES string of the molecule is N=C(OC(N)=NC1N=C(c2ccccc2)c2ccccc2NC1=O)c1ncc(C2=CCCCC2)cc1N1CCOCC1. The molecule has 0 radical (unpaired) electrons. The molecule has 1 unspecified atom stereocenters. The van der Waals surface area contributed by atoms with Gasteiger partial charge in [-0.3, -0.25) is 10.2 Å². The molecule has 0 spiro atoms. The molecule has 4 N–H and O–H groups in total. The number of para-hydroxylation sites is 1. The first kappa shape index (κ1) is 27.3. The van der Waals surface area contributed by atoms with Crippen LogP contribution in [0.1, 0.15) is 48.1 Å². The maximum Gasteiger partial charge on any atom is 0.291 e. The molecule has 3 aliphatic rings. The van der Waals surface area contributed by atoms with Crippen LogP contribution in [0.2, 0.25) is 0 Å². The van der Waals surface area contributed by atoms with Gasteiger partial charge < -0.3 is 25.4 Å². The van der Waals surface area contributed by atoms with Gasteiger partial charge in [-0.2, -0.15) is 4.99 Å². The molecule has 1 aromatic heterocycles. The van der Waals surface area contributed by atoms with Crippen molar-refractivity contribution in [1.29, 1.82) is 5.41 Å². The second kappa shape index (κ2) is 12.4. The van der Waals surface area contributed by atoms with Crippen molar-refractivity contribution in [3.05, 3.63) is 95.3 Å². The van der Waals surface area contributed by atoms with Crippen LogP contribution >= 0.6 is 0 Å². The Morgan fingerprint density at radius 3 is 2.64 bits per heavy atom. The summed E-state index contributed by atoms with van der Waals surface area (Å²) in [6, 6.07) is 18.8. The van der Waals surface area contributed by atoms with Crippen molar-refractivity contribution < 1.29 is 14.3 Å². The predicted octanol–water partition coefficient (Wildman–Crippen LogP) is 4.35. The molecule has 3 heterocycles. The molecule has 2 aliphatic heterocycles. The van der Waals surface area contributed by atoms with E-state index in [4.69, 9.17) is 20.6 Å². The number of aromatic nitrogens is 1. The highest BCUT2D eigenvalue weighted by atomic mass is 16.5. The highest BCUT2D eigenvalue weighted by Crippen LogP contribution is 2.31. The normalized spacial score (nSPS) is 19.1. The number of nitrogens with one attached hydrogen (secondary N) is 2. The van der Waals surface area contributed by atoms with Crippen LogP contribution in [-0.4, -0.2) is 61.0 Å². The van der Waals surface area contributed by atoms with Gasteiger partial charge in [0.15, 0.2) is 0 Å². The van der Waals surface area contributed by atoms with Gasteiger partial charge in [0, 0.05) is 30.4 Å². The van der Waals surface area contributed by atoms with Crippen LogP contribution in [0.4, 0.5) is 11.4 Å². The standard InChI is InChI=1S/C32H33N7O3/c33-29(28-26(39-15-17-41-18-16-39)19-23(20-35-28)21-9-3-1-4-10-21)42-32(34)38-30-31(40)36-25-14-8-7-13-24(25)27(37-30)22-11-5-2-6-12-22/h2,5-9,11-14,19-20,30,33H,1,3-4,10,15-18H2,(H2,34,38)(H,36,40). The lowest BCUT2D eigenvalue weighted by Gasteiger charge is -2.30. The Bertz CT molecular complexity index is 1580. The summed E-state index contributed by atoms with van der Waals surface area (Å²) in [5, 5.41) is 11.7. The maximum atomic E-state index is 13.2. The molecule has 2 aromatic carbocycles. The number of anilines is 2. The topological polar surface area (TPSA) is 138 Å². The number of fused-ring (bicyclic) bond motifs is 1. The molecular formula is C32H33N7O3. The first-order chi connectivity index (χ1) is 20.6. The Labute approximate surface area is 244 Å². The molecule has 6 rings (SSSR count). The van der Waals surface area contributed by atoms with Gasteiger partial charge in [0.25, 0.3) is 11.9 Å². The van der Waals surface area contributed by atoms with Gasteiger partial charge in [-0.25, -0.2) is 9.98 Å². The zero-order valence-electron chi connectivity index (χ0n) is 23.3. The van der Waals surface area contributed by atoms with E-state index in [2.05, 4.69) is 37.3 Å². The number of allylic oxidation sites excluding steroid dienone is 2. The number of amides is 1. The number of benzodiazepines with no additional fused rings is 1. The third kappa shape index (κ3) is 5.94. The van der Waals surface area contributed by atoms with Gasteiger partial charge >= 0.3 is 0 Å². The average molecular weight is 564 g/mol. The predicted molar refractivity (Wildman–Crippen MR) is 164 cm³/mol. The van der Waals surface area contributed by atoms with Crippen molar-refractivity contribution in [1.82, 2.24) is 4.98 Å². The summed E-state index contributed by atoms with van der Waals surface area (Å²) < 4.78 is 11.2. The fourth-order valence-electron chi connectivity index (χ4n) is 5.41. The zero-order valence-corrected chi connectivity index (χ0v) is 23.3. The minimum absolute atomic E-state index is 0.258. The fraction of sp³-hybridized carbons (Fsp3) is 0.281. The number of hydrogen-bond donors (Lipinski definition) is 3. The van der Waals surface area contributed by atoms with Crippen molar-refractivity contribution in [3.8, 4) is 0 Å². The second-order valence-corrected chi connectivity index (χ2v) is 10.3. The summed E-state index contributed by atoms with van der Waals surface area (Å²) in [6.07, 6.45) is 7.27. The van der Waals surface area contributed by atoms with Gasteiger partial charge in [0.2, 0.25) is 12.1 Å². The highest BCUT2D eigenvalue weighted by molar-refractivity contribution is 6.19. The monoisotopic (exact) mass is 563 g/mol. The molecule has 1 amide bonds. The van der Waals surface area contributed by atoms with Gasteiger partial charge in [-0.1, -0.05) is 54.6 Å². The molecule has 0 bridgehead atoms. The number of carbonyl (C=O) groups is 1. The summed E-state index contributed by atoms with van der Waals surface area (Å²) in [5.41, 5.74) is 12.5. The van der Waals surface area contributed by atoms with E-state index in [-0.39, 0.29) is 11.9 Å². The third-order valence-corrected chi connectivity index (χ3v) is 7.53. The van der Waals surface area contributed by atoms with Crippen molar-refractivity contribution >= 4 is 40.5 Å². The Balaban J connectivity index is 1.29. The molecule has 1 saturated heterocycles. The lowest BCUT2D eigenvalue weighted by molar-refractivity contribution is -0.117. The van der Waals surface area contributed by atoms with E-state index in [1.165, 1.54) is 12.0 Å². The van der Waals surface area contributed by atoms with Crippen molar-refractivity contribution in [2.75, 3.05) is 36.5 Å². The minimum atomic E-state index is -1.22. The lowest BCUT2D eigenvalue weighted by Crippen LogP contribution is -2.38. The first-order valence-electron chi connectivity index (χ1n) is 14.2. The number of morpholine rings is 1. The summed E-state index contributed by atoms with van der Waals surface area (Å²) in [7, 11) is 0. The largest absolute Gasteiger partial charge is 0.405 e. The molecule has 42 heavy (non-hydrogen) atoms. The molecule has 10 heteroatoms. The quantitative estimate of drug-likeness (QED) is 0.312. The summed E-state index contributed by atoms with van der Waals surface area (Å²) in [4.78, 5) is 28.9. The molecule has 214 valence electrons. The number of nitrogens with two attached hydrogens (primary N) is 1. The number of amidine groups is 1. The van der Waals surface area contributed by atoms with Crippen LogP contribution in [0.25, 0.3) is 5.57 Å². The van der Waals surface area contributed by atoms with E-state index >= 15 is 0 Å². The number of ether oxygens (including phenoxy) is 2. The number of benzene rings is 2. The number of pyridine rings is 1. The maximum absolute atomic E-state index is 13.2. The second-order valence-electron chi connectivity index (χ2n) is 10.3. The first-order valence-corrected chi connectivity index (χ1v) is 14.2. The molecule has 10 nitrogen and oxygen atoms in total. The zero-order chi connectivity index (χ0) is 28.9. The van der Waals surface area contributed by atoms with Crippen LogP contribution in [0.3, 0.4) is 0 Å². The minimum Gasteiger partial charge on any atom is -0.405 e. The van der Waals surface area contributed by atoms with Gasteiger partial charge in [0.1, 0.15) is 5.69 Å². The van der Waals surface area contributed by atoms with Gasteiger partial charge in [0.05, 0.1) is 30.3 Å². The number of nitrogens with zero attached hydrogens (tertiary/aromatic N) is 4. The van der Waals surface area contributed by atoms with E-state index in [0.29, 0.717) is 43.4 Å². The van der Waals surface area contributed by atoms with Crippen LogP contribution in [0, 0.1) is 5.41 Å². The van der Waals surface area contributed by atoms with E-state index in [1.807, 2.05) is 54.6 Å². The van der Waals surface area contributed by atoms with E-state index in [9.17, 15) is 4.79 Å². The van der Waals surface area contributed by atoms with Crippen LogP contribution in [0.15, 0.2) is 82.9 Å². The van der Waals surface area contributed by atoms with E-state index in [0.717, 1.165) is 41.6 Å². The van der Waals surface area contributed by atoms with E-state index < -0.39 is 12.1 Å². The molecule has 0 saturated carbocycles. The van der Waals surface area contributed by atoms with Crippen LogP contribution in [0.5, 0.6) is 0 Å². The number of rotatable bonds is 5. The number of carbonyl (C=O) groups excluding carboxylic acids is 1. The number of aliphatic imine (C=N–C) groups is 2. The summed E-state index contributed by atoms with van der Waals surface area (Å²) in [5.74, 6) is -0.713. The third-order valence-electron chi connectivity index (χ3n) is 7.53. The van der Waals surface area contributed by atoms with Crippen molar-refractivity contribution in [3.63, 3.8) is 0 Å². The Morgan fingerprint density at radius 2 is 1.86 bits per heavy atom. The number of hydrogen-bond acceptors (Lipinski definition) is 8. The van der Waals surface area contributed by atoms with Gasteiger partial charge in [-0.05, 0) is 49.0 Å². The molecule has 1 fully saturated rings. The Hall–Kier alpha value is -4.83. The van der Waals surface area contributed by atoms with Crippen molar-refractivity contribution in [2.24, 2.45) is 15.7 Å².